The van der Waals surface area contributed by atoms with Crippen molar-refractivity contribution in [2.75, 3.05) is 32.7 Å². The Morgan fingerprint density at radius 2 is 2.00 bits per heavy atom. The van der Waals surface area contributed by atoms with E-state index in [0.717, 1.165) is 19.6 Å². The molecule has 2 aliphatic rings. The molecular formula is C12H20ClN3. The Kier molecular flexibility index (Phi) is 4.45. The monoisotopic (exact) mass is 241 g/mol. The van der Waals surface area contributed by atoms with Crippen molar-refractivity contribution in [3.63, 3.8) is 0 Å². The van der Waals surface area contributed by atoms with E-state index in [1.54, 1.807) is 0 Å². The zero-order valence-corrected chi connectivity index (χ0v) is 10.5. The number of nitrogens with zero attached hydrogens (tertiary/aromatic N) is 3. The second kappa shape index (κ2) is 5.86. The van der Waals surface area contributed by atoms with Crippen molar-refractivity contribution in [1.82, 2.24) is 9.80 Å². The maximum Gasteiger partial charge on any atom is 0.133 e. The Balaban J connectivity index is 1.76. The maximum absolute atomic E-state index is 8.69. The first kappa shape index (κ1) is 12.2. The second-order valence-electron chi connectivity index (χ2n) is 4.90. The summed E-state index contributed by atoms with van der Waals surface area (Å²) < 4.78 is 0. The van der Waals surface area contributed by atoms with Crippen LogP contribution in [0, 0.1) is 11.3 Å². The first-order valence-electron chi connectivity index (χ1n) is 6.29. The van der Waals surface area contributed by atoms with E-state index in [4.69, 9.17) is 16.9 Å². The van der Waals surface area contributed by atoms with Crippen LogP contribution in [0.5, 0.6) is 0 Å². The van der Waals surface area contributed by atoms with Gasteiger partial charge in [-0.2, -0.15) is 5.26 Å². The van der Waals surface area contributed by atoms with Gasteiger partial charge in [-0.15, -0.1) is 11.6 Å². The summed E-state index contributed by atoms with van der Waals surface area (Å²) in [5.41, 5.74) is 0. The summed E-state index contributed by atoms with van der Waals surface area (Å²) in [6.45, 7) is 5.46. The summed E-state index contributed by atoms with van der Waals surface area (Å²) in [5, 5.41) is 8.34. The summed E-state index contributed by atoms with van der Waals surface area (Å²) in [5.74, 6) is 0. The number of hydrogen-bond donors (Lipinski definition) is 0. The van der Waals surface area contributed by atoms with Gasteiger partial charge in [-0.3, -0.25) is 9.80 Å². The molecule has 0 aromatic rings. The van der Waals surface area contributed by atoms with Gasteiger partial charge in [0.05, 0.1) is 6.07 Å². The molecule has 0 aromatic carbocycles. The second-order valence-corrected chi connectivity index (χ2v) is 5.42. The van der Waals surface area contributed by atoms with Gasteiger partial charge in [-0.05, 0) is 38.9 Å². The van der Waals surface area contributed by atoms with E-state index in [0.29, 0.717) is 6.04 Å². The summed E-state index contributed by atoms with van der Waals surface area (Å²) >= 11 is 5.86. The number of halogens is 1. The van der Waals surface area contributed by atoms with Crippen molar-refractivity contribution in [1.29, 1.82) is 5.26 Å². The summed E-state index contributed by atoms with van der Waals surface area (Å²) in [4.78, 5) is 4.96. The number of likely N-dealkylation sites (tertiary alicyclic amines) is 2. The van der Waals surface area contributed by atoms with Crippen LogP contribution >= 0.6 is 11.6 Å². The van der Waals surface area contributed by atoms with Crippen LogP contribution in [0.15, 0.2) is 0 Å². The Morgan fingerprint density at radius 1 is 1.25 bits per heavy atom. The fourth-order valence-electron chi connectivity index (χ4n) is 2.83. The lowest BCUT2D eigenvalue weighted by Crippen LogP contribution is -2.41. The minimum Gasteiger partial charge on any atom is -0.299 e. The van der Waals surface area contributed by atoms with E-state index < -0.39 is 0 Å². The number of piperidine rings is 1. The molecule has 2 heterocycles. The Hall–Kier alpha value is -0.300. The molecule has 90 valence electrons. The Bertz CT molecular complexity index is 257. The minimum absolute atomic E-state index is 0.347. The third-order valence-corrected chi connectivity index (χ3v) is 3.95. The van der Waals surface area contributed by atoms with E-state index in [2.05, 4.69) is 15.9 Å². The van der Waals surface area contributed by atoms with Gasteiger partial charge in [0, 0.05) is 19.1 Å². The standard InChI is InChI=1S/C12H20ClN3/c13-11(8-14)9-15-7-4-12(10-15)16-5-2-1-3-6-16/h11-12H,1-7,9-10H2. The number of nitriles is 1. The molecule has 4 heteroatoms. The van der Waals surface area contributed by atoms with E-state index in [9.17, 15) is 0 Å². The maximum atomic E-state index is 8.69. The van der Waals surface area contributed by atoms with Crippen molar-refractivity contribution < 1.29 is 0 Å². The highest BCUT2D eigenvalue weighted by molar-refractivity contribution is 6.22. The van der Waals surface area contributed by atoms with Crippen LogP contribution in [0.25, 0.3) is 0 Å². The van der Waals surface area contributed by atoms with Crippen molar-refractivity contribution >= 4 is 11.6 Å². The molecular weight excluding hydrogens is 222 g/mol. The minimum atomic E-state index is -0.347. The highest BCUT2D eigenvalue weighted by Crippen LogP contribution is 2.20. The van der Waals surface area contributed by atoms with Crippen LogP contribution in [0.3, 0.4) is 0 Å². The van der Waals surface area contributed by atoms with Crippen LogP contribution < -0.4 is 0 Å². The fourth-order valence-corrected chi connectivity index (χ4v) is 3.02. The summed E-state index contributed by atoms with van der Waals surface area (Å²) in [7, 11) is 0. The number of alkyl halides is 1. The lowest BCUT2D eigenvalue weighted by Gasteiger charge is -2.32. The molecule has 2 fully saturated rings. The third kappa shape index (κ3) is 3.10. The molecule has 0 saturated carbocycles. The smallest absolute Gasteiger partial charge is 0.133 e. The molecule has 0 N–H and O–H groups in total. The molecule has 0 bridgehead atoms. The topological polar surface area (TPSA) is 30.3 Å². The SMILES string of the molecule is N#CC(Cl)CN1CCC(N2CCCCC2)C1. The van der Waals surface area contributed by atoms with Gasteiger partial charge < -0.3 is 0 Å². The predicted octanol–water partition coefficient (Wildman–Crippen LogP) is 1.68. The van der Waals surface area contributed by atoms with E-state index in [1.165, 1.54) is 38.8 Å². The van der Waals surface area contributed by atoms with Crippen LogP contribution in [0.1, 0.15) is 25.7 Å². The fraction of sp³-hybridized carbons (Fsp3) is 0.917. The molecule has 0 aliphatic carbocycles. The normalized spacial score (nSPS) is 30.1. The van der Waals surface area contributed by atoms with E-state index >= 15 is 0 Å². The van der Waals surface area contributed by atoms with E-state index in [-0.39, 0.29) is 5.38 Å². The van der Waals surface area contributed by atoms with Crippen LogP contribution in [-0.4, -0.2) is 53.9 Å². The first-order valence-corrected chi connectivity index (χ1v) is 6.73. The molecule has 2 saturated heterocycles. The molecule has 0 amide bonds. The van der Waals surface area contributed by atoms with Gasteiger partial charge in [-0.25, -0.2) is 0 Å². The van der Waals surface area contributed by atoms with Gasteiger partial charge >= 0.3 is 0 Å². The van der Waals surface area contributed by atoms with Crippen LogP contribution in [0.4, 0.5) is 0 Å². The molecule has 2 atom stereocenters. The quantitative estimate of drug-likeness (QED) is 0.705. The van der Waals surface area contributed by atoms with E-state index in [1.807, 2.05) is 0 Å². The molecule has 16 heavy (non-hydrogen) atoms. The Labute approximate surface area is 103 Å². The largest absolute Gasteiger partial charge is 0.299 e. The molecule has 3 nitrogen and oxygen atoms in total. The van der Waals surface area contributed by atoms with Crippen molar-refractivity contribution in [2.24, 2.45) is 0 Å². The van der Waals surface area contributed by atoms with Crippen LogP contribution in [-0.2, 0) is 0 Å². The molecule has 0 radical (unpaired) electrons. The molecule has 0 spiro atoms. The van der Waals surface area contributed by atoms with Crippen LogP contribution in [0.2, 0.25) is 0 Å². The number of hydrogen-bond acceptors (Lipinski definition) is 3. The Morgan fingerprint density at radius 3 is 2.69 bits per heavy atom. The van der Waals surface area contributed by atoms with Gasteiger partial charge in [0.2, 0.25) is 0 Å². The highest BCUT2D eigenvalue weighted by atomic mass is 35.5. The average Bonchev–Trinajstić information content (AvgIpc) is 2.78. The summed E-state index contributed by atoms with van der Waals surface area (Å²) in [6, 6.07) is 2.81. The van der Waals surface area contributed by atoms with Gasteiger partial charge in [0.25, 0.3) is 0 Å². The lowest BCUT2D eigenvalue weighted by molar-refractivity contribution is 0.163. The van der Waals surface area contributed by atoms with Gasteiger partial charge in [-0.1, -0.05) is 6.42 Å². The molecule has 2 rings (SSSR count). The highest BCUT2D eigenvalue weighted by Gasteiger charge is 2.29. The van der Waals surface area contributed by atoms with Gasteiger partial charge in [0.15, 0.2) is 0 Å². The predicted molar refractivity (Wildman–Crippen MR) is 65.5 cm³/mol. The molecule has 2 aliphatic heterocycles. The van der Waals surface area contributed by atoms with Crippen molar-refractivity contribution in [3.8, 4) is 6.07 Å². The summed E-state index contributed by atoms with van der Waals surface area (Å²) in [6.07, 6.45) is 5.35. The first-order chi connectivity index (χ1) is 7.79. The third-order valence-electron chi connectivity index (χ3n) is 3.71. The lowest BCUT2D eigenvalue weighted by atomic mass is 10.1. The molecule has 0 aromatic heterocycles. The van der Waals surface area contributed by atoms with Crippen molar-refractivity contribution in [2.45, 2.75) is 37.1 Å². The number of rotatable bonds is 3. The van der Waals surface area contributed by atoms with Crippen molar-refractivity contribution in [3.05, 3.63) is 0 Å². The zero-order chi connectivity index (χ0) is 11.4. The average molecular weight is 242 g/mol. The zero-order valence-electron chi connectivity index (χ0n) is 9.74. The van der Waals surface area contributed by atoms with Gasteiger partial charge in [0.1, 0.15) is 5.38 Å². The molecule has 2 unspecified atom stereocenters.